The van der Waals surface area contributed by atoms with E-state index in [4.69, 9.17) is 0 Å². The Bertz CT molecular complexity index is 1180. The minimum atomic E-state index is -0.733. The molecule has 4 rings (SSSR count). The Hall–Kier alpha value is -3.73. The number of hydrogen-bond donors (Lipinski definition) is 1. The molecule has 1 unspecified atom stereocenters. The molecule has 0 aliphatic carbocycles. The molecule has 168 valence electrons. The van der Waals surface area contributed by atoms with Crippen LogP contribution in [0, 0.1) is 5.82 Å². The van der Waals surface area contributed by atoms with E-state index in [1.54, 1.807) is 0 Å². The fourth-order valence-corrected chi connectivity index (χ4v) is 4.18. The molecule has 0 radical (unpaired) electrons. The van der Waals surface area contributed by atoms with Gasteiger partial charge in [0.25, 0.3) is 11.7 Å². The summed E-state index contributed by atoms with van der Waals surface area (Å²) in [6.07, 6.45) is 0.574. The summed E-state index contributed by atoms with van der Waals surface area (Å²) < 4.78 is 13.4. The van der Waals surface area contributed by atoms with Gasteiger partial charge in [0.15, 0.2) is 0 Å². The average Bonchev–Trinajstić information content (AvgIpc) is 3.08. The van der Waals surface area contributed by atoms with Gasteiger partial charge >= 0.3 is 0 Å². The zero-order valence-electron chi connectivity index (χ0n) is 18.7. The number of rotatable bonds is 6. The Morgan fingerprint density at radius 3 is 2.18 bits per heavy atom. The fourth-order valence-electron chi connectivity index (χ4n) is 4.18. The maximum absolute atomic E-state index is 13.4. The lowest BCUT2D eigenvalue weighted by atomic mass is 9.93. The van der Waals surface area contributed by atoms with Crippen molar-refractivity contribution in [1.82, 2.24) is 4.90 Å². The van der Waals surface area contributed by atoms with Gasteiger partial charge in [-0.15, -0.1) is 0 Å². The molecule has 3 aromatic rings. The van der Waals surface area contributed by atoms with Crippen molar-refractivity contribution >= 4 is 17.4 Å². The zero-order valence-corrected chi connectivity index (χ0v) is 18.7. The minimum Gasteiger partial charge on any atom is -0.507 e. The molecule has 1 aliphatic heterocycles. The monoisotopic (exact) mass is 443 g/mol. The Labute approximate surface area is 193 Å². The lowest BCUT2D eigenvalue weighted by molar-refractivity contribution is -0.139. The summed E-state index contributed by atoms with van der Waals surface area (Å²) in [5.41, 5.74) is 3.25. The molecule has 1 N–H and O–H groups in total. The van der Waals surface area contributed by atoms with Crippen LogP contribution in [-0.4, -0.2) is 28.2 Å². The molecule has 4 nitrogen and oxygen atoms in total. The number of Topliss-reactive ketones (excluding diaryl/α,β-unsaturated/α-hetero) is 1. The van der Waals surface area contributed by atoms with Crippen molar-refractivity contribution in [3.8, 4) is 0 Å². The second-order valence-electron chi connectivity index (χ2n) is 8.56. The number of ketones is 1. The first-order valence-corrected chi connectivity index (χ1v) is 11.0. The van der Waals surface area contributed by atoms with E-state index in [1.165, 1.54) is 29.2 Å². The van der Waals surface area contributed by atoms with Crippen LogP contribution < -0.4 is 0 Å². The van der Waals surface area contributed by atoms with Crippen molar-refractivity contribution in [1.29, 1.82) is 0 Å². The maximum Gasteiger partial charge on any atom is 0.295 e. The molecule has 0 aromatic heterocycles. The number of carbonyl (C=O) groups excluding carboxylic acids is 2. The third-order valence-electron chi connectivity index (χ3n) is 6.06. The highest BCUT2D eigenvalue weighted by molar-refractivity contribution is 6.46. The highest BCUT2D eigenvalue weighted by atomic mass is 19.1. The minimum absolute atomic E-state index is 0.0250. The molecule has 1 atom stereocenters. The number of halogens is 1. The maximum atomic E-state index is 13.4. The lowest BCUT2D eigenvalue weighted by Gasteiger charge is -2.25. The fraction of sp³-hybridized carbons (Fsp3) is 0.214. The van der Waals surface area contributed by atoms with Crippen LogP contribution in [0.15, 0.2) is 84.4 Å². The first kappa shape index (κ1) is 22.5. The largest absolute Gasteiger partial charge is 0.507 e. The summed E-state index contributed by atoms with van der Waals surface area (Å²) in [6.45, 7) is 4.51. The van der Waals surface area contributed by atoms with Crippen molar-refractivity contribution in [2.45, 2.75) is 32.2 Å². The molecular weight excluding hydrogens is 417 g/mol. The number of amides is 1. The quantitative estimate of drug-likeness (QED) is 0.306. The van der Waals surface area contributed by atoms with Gasteiger partial charge in [0.05, 0.1) is 11.6 Å². The van der Waals surface area contributed by atoms with Gasteiger partial charge in [0.2, 0.25) is 0 Å². The van der Waals surface area contributed by atoms with Gasteiger partial charge in [-0.1, -0.05) is 68.4 Å². The number of hydrogen-bond acceptors (Lipinski definition) is 3. The molecule has 5 heteroatoms. The smallest absolute Gasteiger partial charge is 0.295 e. The van der Waals surface area contributed by atoms with Crippen LogP contribution in [-0.2, 0) is 16.0 Å². The second-order valence-corrected chi connectivity index (χ2v) is 8.56. The van der Waals surface area contributed by atoms with E-state index in [2.05, 4.69) is 13.8 Å². The summed E-state index contributed by atoms with van der Waals surface area (Å²) in [6, 6.07) is 22.0. The Kier molecular flexibility index (Phi) is 6.40. The third kappa shape index (κ3) is 4.58. The van der Waals surface area contributed by atoms with Crippen molar-refractivity contribution in [3.63, 3.8) is 0 Å². The van der Waals surface area contributed by atoms with E-state index in [9.17, 15) is 19.1 Å². The third-order valence-corrected chi connectivity index (χ3v) is 6.06. The standard InChI is InChI=1S/C28H26FNO3/c1-18(2)20-8-10-21(11-9-20)25-24(26(31)22-12-14-23(29)15-13-22)27(32)28(33)30(25)17-16-19-6-4-3-5-7-19/h3-15,18,25,31H,16-17H2,1-2H3. The van der Waals surface area contributed by atoms with Crippen LogP contribution in [0.5, 0.6) is 0 Å². The first-order chi connectivity index (χ1) is 15.9. The van der Waals surface area contributed by atoms with E-state index in [1.807, 2.05) is 54.6 Å². The van der Waals surface area contributed by atoms with Crippen LogP contribution in [0.2, 0.25) is 0 Å². The molecule has 0 saturated carbocycles. The van der Waals surface area contributed by atoms with Gasteiger partial charge < -0.3 is 10.0 Å². The molecular formula is C28H26FNO3. The van der Waals surface area contributed by atoms with Crippen LogP contribution in [0.4, 0.5) is 4.39 Å². The van der Waals surface area contributed by atoms with Crippen LogP contribution in [0.25, 0.3) is 5.76 Å². The number of nitrogens with zero attached hydrogens (tertiary/aromatic N) is 1. The highest BCUT2D eigenvalue weighted by Crippen LogP contribution is 2.39. The van der Waals surface area contributed by atoms with Gasteiger partial charge in [0, 0.05) is 12.1 Å². The van der Waals surface area contributed by atoms with Crippen LogP contribution in [0.3, 0.4) is 0 Å². The Balaban J connectivity index is 1.78. The number of aliphatic hydroxyl groups is 1. The van der Waals surface area contributed by atoms with Gasteiger partial charge in [-0.3, -0.25) is 9.59 Å². The van der Waals surface area contributed by atoms with Crippen LogP contribution >= 0.6 is 0 Å². The first-order valence-electron chi connectivity index (χ1n) is 11.0. The predicted molar refractivity (Wildman–Crippen MR) is 126 cm³/mol. The van der Waals surface area contributed by atoms with Crippen LogP contribution in [0.1, 0.15) is 48.1 Å². The number of likely N-dealkylation sites (tertiary alicyclic amines) is 1. The molecule has 33 heavy (non-hydrogen) atoms. The summed E-state index contributed by atoms with van der Waals surface area (Å²) in [4.78, 5) is 27.7. The summed E-state index contributed by atoms with van der Waals surface area (Å²) in [7, 11) is 0. The van der Waals surface area contributed by atoms with Gasteiger partial charge in [-0.25, -0.2) is 4.39 Å². The van der Waals surface area contributed by atoms with E-state index in [-0.39, 0.29) is 11.3 Å². The van der Waals surface area contributed by atoms with Crippen molar-refractivity contribution in [2.75, 3.05) is 6.54 Å². The number of aliphatic hydroxyl groups excluding tert-OH is 1. The van der Waals surface area contributed by atoms with Gasteiger partial charge in [0.1, 0.15) is 11.6 Å². The van der Waals surface area contributed by atoms with E-state index in [0.717, 1.165) is 16.7 Å². The van der Waals surface area contributed by atoms with Crippen molar-refractivity contribution in [3.05, 3.63) is 113 Å². The predicted octanol–water partition coefficient (Wildman–Crippen LogP) is 5.61. The molecule has 1 saturated heterocycles. The molecule has 3 aromatic carbocycles. The lowest BCUT2D eigenvalue weighted by Crippen LogP contribution is -2.31. The van der Waals surface area contributed by atoms with Crippen molar-refractivity contribution < 1.29 is 19.1 Å². The molecule has 1 aliphatic rings. The van der Waals surface area contributed by atoms with Gasteiger partial charge in [-0.05, 0) is 53.3 Å². The number of carbonyl (C=O) groups is 2. The number of benzene rings is 3. The van der Waals surface area contributed by atoms with E-state index in [0.29, 0.717) is 24.4 Å². The topological polar surface area (TPSA) is 57.6 Å². The Morgan fingerprint density at radius 2 is 1.58 bits per heavy atom. The van der Waals surface area contributed by atoms with E-state index >= 15 is 0 Å². The Morgan fingerprint density at radius 1 is 0.939 bits per heavy atom. The molecule has 1 heterocycles. The molecule has 0 spiro atoms. The summed E-state index contributed by atoms with van der Waals surface area (Å²) in [5, 5.41) is 11.0. The highest BCUT2D eigenvalue weighted by Gasteiger charge is 2.45. The van der Waals surface area contributed by atoms with Crippen molar-refractivity contribution in [2.24, 2.45) is 0 Å². The molecule has 0 bridgehead atoms. The summed E-state index contributed by atoms with van der Waals surface area (Å²) in [5.74, 6) is -1.79. The van der Waals surface area contributed by atoms with E-state index < -0.39 is 23.5 Å². The zero-order chi connectivity index (χ0) is 23.5. The SMILES string of the molecule is CC(C)c1ccc(C2C(=C(O)c3ccc(F)cc3)C(=O)C(=O)N2CCc2ccccc2)cc1. The molecule has 1 amide bonds. The normalized spacial score (nSPS) is 17.7. The second kappa shape index (κ2) is 9.41. The molecule has 1 fully saturated rings. The van der Waals surface area contributed by atoms with Gasteiger partial charge in [-0.2, -0.15) is 0 Å². The average molecular weight is 444 g/mol. The summed E-state index contributed by atoms with van der Waals surface area (Å²) >= 11 is 0.